The van der Waals surface area contributed by atoms with Crippen molar-refractivity contribution in [3.05, 3.63) is 20.8 Å². The maximum atomic E-state index is 6.24. The average molecular weight is 275 g/mol. The molecule has 2 rings (SSSR count). The van der Waals surface area contributed by atoms with Crippen LogP contribution < -0.4 is 11.1 Å². The van der Waals surface area contributed by atoms with Crippen LogP contribution in [-0.2, 0) is 0 Å². The van der Waals surface area contributed by atoms with Crippen LogP contribution in [-0.4, -0.2) is 13.1 Å². The second-order valence-electron chi connectivity index (χ2n) is 3.78. The van der Waals surface area contributed by atoms with Crippen molar-refractivity contribution in [3.8, 4) is 0 Å². The monoisotopic (exact) mass is 274 g/mol. The Hall–Kier alpha value is 0.1000. The summed E-state index contributed by atoms with van der Waals surface area (Å²) in [5.74, 6) is 0.654. The van der Waals surface area contributed by atoms with Crippen LogP contribution >= 0.6 is 27.3 Å². The second kappa shape index (κ2) is 4.75. The number of hydrogen-bond donors (Lipinski definition) is 2. The van der Waals surface area contributed by atoms with Gasteiger partial charge in [-0.25, -0.2) is 0 Å². The fraction of sp³-hybridized carbons (Fsp3) is 0.600. The van der Waals surface area contributed by atoms with E-state index in [-0.39, 0.29) is 6.04 Å². The molecule has 2 nitrogen and oxygen atoms in total. The first-order valence-electron chi connectivity index (χ1n) is 4.97. The first-order chi connectivity index (χ1) is 6.77. The van der Waals surface area contributed by atoms with Gasteiger partial charge < -0.3 is 11.1 Å². The number of halogens is 1. The molecule has 1 aliphatic rings. The molecule has 3 N–H and O–H groups in total. The number of hydrogen-bond acceptors (Lipinski definition) is 3. The van der Waals surface area contributed by atoms with Crippen LogP contribution in [0.15, 0.2) is 15.9 Å². The number of nitrogens with two attached hydrogens (primary N) is 1. The smallest absolute Gasteiger partial charge is 0.0419 e. The van der Waals surface area contributed by atoms with E-state index >= 15 is 0 Å². The van der Waals surface area contributed by atoms with Crippen molar-refractivity contribution < 1.29 is 0 Å². The number of piperidine rings is 1. The highest BCUT2D eigenvalue weighted by Gasteiger charge is 2.22. The Morgan fingerprint density at radius 3 is 2.79 bits per heavy atom. The van der Waals surface area contributed by atoms with Crippen LogP contribution in [0.5, 0.6) is 0 Å². The van der Waals surface area contributed by atoms with Crippen LogP contribution in [0.25, 0.3) is 0 Å². The third-order valence-electron chi connectivity index (χ3n) is 2.81. The third-order valence-corrected chi connectivity index (χ3v) is 4.60. The maximum absolute atomic E-state index is 6.24. The molecule has 0 aliphatic carbocycles. The summed E-state index contributed by atoms with van der Waals surface area (Å²) < 4.78 is 1.15. The van der Waals surface area contributed by atoms with E-state index in [9.17, 15) is 0 Å². The van der Waals surface area contributed by atoms with Crippen LogP contribution in [0.4, 0.5) is 0 Å². The predicted molar refractivity (Wildman–Crippen MR) is 64.5 cm³/mol. The summed E-state index contributed by atoms with van der Waals surface area (Å²) in [5.41, 5.74) is 6.24. The summed E-state index contributed by atoms with van der Waals surface area (Å²) in [7, 11) is 0. The number of thiophene rings is 1. The van der Waals surface area contributed by atoms with Crippen LogP contribution in [0.3, 0.4) is 0 Å². The van der Waals surface area contributed by atoms with Gasteiger partial charge in [0.1, 0.15) is 0 Å². The SMILES string of the molecule is N[C@@H](c1cc(Br)cs1)C1CCNCC1. The molecule has 1 atom stereocenters. The molecule has 1 fully saturated rings. The molecule has 4 heteroatoms. The highest BCUT2D eigenvalue weighted by atomic mass is 79.9. The Bertz CT molecular complexity index is 294. The zero-order valence-electron chi connectivity index (χ0n) is 8.00. The number of nitrogens with one attached hydrogen (secondary N) is 1. The van der Waals surface area contributed by atoms with Gasteiger partial charge in [0.05, 0.1) is 0 Å². The summed E-state index contributed by atoms with van der Waals surface area (Å²) in [4.78, 5) is 1.31. The molecule has 0 spiro atoms. The molecule has 0 amide bonds. The predicted octanol–water partition coefficient (Wildman–Crippen LogP) is 2.51. The zero-order valence-corrected chi connectivity index (χ0v) is 10.4. The fourth-order valence-corrected chi connectivity index (χ4v) is 3.48. The normalized spacial score (nSPS) is 21.0. The molecule has 2 heterocycles. The molecule has 0 aromatic carbocycles. The lowest BCUT2D eigenvalue weighted by Crippen LogP contribution is -2.33. The zero-order chi connectivity index (χ0) is 9.97. The van der Waals surface area contributed by atoms with E-state index in [1.165, 1.54) is 17.7 Å². The van der Waals surface area contributed by atoms with E-state index in [1.54, 1.807) is 11.3 Å². The fourth-order valence-electron chi connectivity index (χ4n) is 1.94. The summed E-state index contributed by atoms with van der Waals surface area (Å²) in [6.45, 7) is 2.23. The van der Waals surface area contributed by atoms with Gasteiger partial charge in [-0.2, -0.15) is 0 Å². The Labute approximate surface area is 97.0 Å². The van der Waals surface area contributed by atoms with Crippen LogP contribution in [0, 0.1) is 5.92 Å². The van der Waals surface area contributed by atoms with Crippen molar-refractivity contribution in [2.24, 2.45) is 11.7 Å². The maximum Gasteiger partial charge on any atom is 0.0419 e. The van der Waals surface area contributed by atoms with Crippen LogP contribution in [0.1, 0.15) is 23.8 Å². The molecular weight excluding hydrogens is 260 g/mol. The lowest BCUT2D eigenvalue weighted by molar-refractivity contribution is 0.325. The Morgan fingerprint density at radius 1 is 1.50 bits per heavy atom. The molecule has 14 heavy (non-hydrogen) atoms. The summed E-state index contributed by atoms with van der Waals surface area (Å²) in [6, 6.07) is 2.38. The quantitative estimate of drug-likeness (QED) is 0.870. The Balaban J connectivity index is 2.03. The van der Waals surface area contributed by atoms with Crippen molar-refractivity contribution in [1.29, 1.82) is 0 Å². The largest absolute Gasteiger partial charge is 0.323 e. The van der Waals surface area contributed by atoms with Gasteiger partial charge in [-0.3, -0.25) is 0 Å². The summed E-state index contributed by atoms with van der Waals surface area (Å²) in [5, 5.41) is 5.47. The van der Waals surface area contributed by atoms with Crippen molar-refractivity contribution in [2.75, 3.05) is 13.1 Å². The molecular formula is C10H15BrN2S. The molecule has 0 bridgehead atoms. The highest BCUT2D eigenvalue weighted by molar-refractivity contribution is 9.10. The number of rotatable bonds is 2. The van der Waals surface area contributed by atoms with Crippen LogP contribution in [0.2, 0.25) is 0 Å². The second-order valence-corrected chi connectivity index (χ2v) is 5.64. The van der Waals surface area contributed by atoms with Gasteiger partial charge in [-0.15, -0.1) is 11.3 Å². The lowest BCUT2D eigenvalue weighted by atomic mass is 9.90. The van der Waals surface area contributed by atoms with Gasteiger partial charge in [-0.1, -0.05) is 0 Å². The van der Waals surface area contributed by atoms with Crippen molar-refractivity contribution in [1.82, 2.24) is 5.32 Å². The minimum absolute atomic E-state index is 0.230. The highest BCUT2D eigenvalue weighted by Crippen LogP contribution is 2.32. The molecule has 1 saturated heterocycles. The van der Waals surface area contributed by atoms with E-state index < -0.39 is 0 Å². The minimum Gasteiger partial charge on any atom is -0.323 e. The molecule has 0 saturated carbocycles. The molecule has 1 aromatic rings. The summed E-state index contributed by atoms with van der Waals surface area (Å²) in [6.07, 6.45) is 2.41. The van der Waals surface area contributed by atoms with Crippen molar-refractivity contribution >= 4 is 27.3 Å². The Morgan fingerprint density at radius 2 is 2.21 bits per heavy atom. The molecule has 0 unspecified atom stereocenters. The van der Waals surface area contributed by atoms with Crippen molar-refractivity contribution in [3.63, 3.8) is 0 Å². The minimum atomic E-state index is 0.230. The van der Waals surface area contributed by atoms with Crippen molar-refractivity contribution in [2.45, 2.75) is 18.9 Å². The van der Waals surface area contributed by atoms with Gasteiger partial charge in [0, 0.05) is 20.8 Å². The van der Waals surface area contributed by atoms with Gasteiger partial charge in [-0.05, 0) is 53.8 Å². The molecule has 78 valence electrons. The standard InChI is InChI=1S/C10H15BrN2S/c11-8-5-9(14-6-8)10(12)7-1-3-13-4-2-7/h5-7,10,13H,1-4,12H2/t10-/m1/s1. The molecule has 0 radical (unpaired) electrons. The van der Waals surface area contributed by atoms with E-state index in [0.717, 1.165) is 17.6 Å². The van der Waals surface area contributed by atoms with Gasteiger partial charge in [0.2, 0.25) is 0 Å². The van der Waals surface area contributed by atoms with E-state index in [2.05, 4.69) is 32.7 Å². The van der Waals surface area contributed by atoms with E-state index in [1.807, 2.05) is 0 Å². The first kappa shape index (κ1) is 10.6. The van der Waals surface area contributed by atoms with E-state index in [4.69, 9.17) is 5.73 Å². The summed E-state index contributed by atoms with van der Waals surface area (Å²) >= 11 is 5.23. The van der Waals surface area contributed by atoms with Gasteiger partial charge in [0.25, 0.3) is 0 Å². The topological polar surface area (TPSA) is 38.0 Å². The first-order valence-corrected chi connectivity index (χ1v) is 6.65. The molecule has 1 aliphatic heterocycles. The Kier molecular flexibility index (Phi) is 3.60. The van der Waals surface area contributed by atoms with E-state index in [0.29, 0.717) is 5.92 Å². The van der Waals surface area contributed by atoms with Gasteiger partial charge >= 0.3 is 0 Å². The lowest BCUT2D eigenvalue weighted by Gasteiger charge is -2.27. The van der Waals surface area contributed by atoms with Gasteiger partial charge in [0.15, 0.2) is 0 Å². The molecule has 1 aromatic heterocycles. The average Bonchev–Trinajstić information content (AvgIpc) is 2.65. The third kappa shape index (κ3) is 2.37.